The fourth-order valence-corrected chi connectivity index (χ4v) is 4.81. The maximum absolute atomic E-state index is 12.6. The van der Waals surface area contributed by atoms with Crippen molar-refractivity contribution in [2.45, 2.75) is 71.3 Å². The maximum atomic E-state index is 12.6. The molecule has 5 heteroatoms. The van der Waals surface area contributed by atoms with Crippen LogP contribution in [-0.4, -0.2) is 24.6 Å². The Morgan fingerprint density at radius 1 is 0.900 bits per heavy atom. The molecule has 2 aliphatic carbocycles. The van der Waals surface area contributed by atoms with E-state index in [9.17, 15) is 9.59 Å². The Kier molecular flexibility index (Phi) is 8.35. The van der Waals surface area contributed by atoms with Gasteiger partial charge < -0.3 is 14.2 Å². The van der Waals surface area contributed by atoms with Crippen LogP contribution in [0.3, 0.4) is 0 Å². The second-order valence-electron chi connectivity index (χ2n) is 8.41. The van der Waals surface area contributed by atoms with Gasteiger partial charge in [-0.15, -0.1) is 0 Å². The average Bonchev–Trinajstić information content (AvgIpc) is 2.76. The van der Waals surface area contributed by atoms with Crippen molar-refractivity contribution in [2.24, 2.45) is 17.8 Å². The summed E-state index contributed by atoms with van der Waals surface area (Å²) < 4.78 is 16.5. The molecule has 2 saturated carbocycles. The van der Waals surface area contributed by atoms with Gasteiger partial charge in [0.15, 0.2) is 0 Å². The Hall–Kier alpha value is -2.30. The summed E-state index contributed by atoms with van der Waals surface area (Å²) in [5.74, 6) is 2.37. The standard InChI is InChI=1S/C25H34O5/c1-3-5-24(26)29-22-12-10-19(11-13-22)18-6-8-20(9-7-18)25(27)30-23-16-14-21(15-17-23)28-4-2/h3,5,14-20,22H,4,6-13H2,1-2H3/b5-3+/t18-,19-,20-,22-. The van der Waals surface area contributed by atoms with Crippen molar-refractivity contribution >= 4 is 11.9 Å². The quantitative estimate of drug-likeness (QED) is 0.336. The van der Waals surface area contributed by atoms with Crippen LogP contribution < -0.4 is 9.47 Å². The molecule has 0 bridgehead atoms. The van der Waals surface area contributed by atoms with Crippen LogP contribution >= 0.6 is 0 Å². The lowest BCUT2D eigenvalue weighted by molar-refractivity contribution is -0.145. The normalized spacial score (nSPS) is 26.9. The molecule has 0 atom stereocenters. The molecule has 0 spiro atoms. The third-order valence-electron chi connectivity index (χ3n) is 6.43. The Morgan fingerprint density at radius 2 is 1.47 bits per heavy atom. The van der Waals surface area contributed by atoms with E-state index in [1.807, 2.05) is 26.0 Å². The van der Waals surface area contributed by atoms with Gasteiger partial charge in [0.2, 0.25) is 0 Å². The first-order valence-electron chi connectivity index (χ1n) is 11.4. The van der Waals surface area contributed by atoms with Gasteiger partial charge in [0.25, 0.3) is 0 Å². The fourth-order valence-electron chi connectivity index (χ4n) is 4.81. The number of hydrogen-bond donors (Lipinski definition) is 0. The molecule has 1 aromatic carbocycles. The smallest absolute Gasteiger partial charge is 0.330 e. The molecule has 0 amide bonds. The minimum atomic E-state index is -0.229. The summed E-state index contributed by atoms with van der Waals surface area (Å²) in [5, 5.41) is 0. The van der Waals surface area contributed by atoms with Crippen LogP contribution in [0, 0.1) is 17.8 Å². The van der Waals surface area contributed by atoms with E-state index in [1.165, 1.54) is 6.08 Å². The zero-order chi connectivity index (χ0) is 21.3. The molecule has 0 N–H and O–H groups in total. The summed E-state index contributed by atoms with van der Waals surface area (Å²) in [6.07, 6.45) is 11.3. The van der Waals surface area contributed by atoms with Crippen LogP contribution in [0.5, 0.6) is 11.5 Å². The van der Waals surface area contributed by atoms with Crippen molar-refractivity contribution in [3.8, 4) is 11.5 Å². The fraction of sp³-hybridized carbons (Fsp3) is 0.600. The van der Waals surface area contributed by atoms with Gasteiger partial charge in [-0.1, -0.05) is 6.08 Å². The molecule has 3 rings (SSSR count). The van der Waals surface area contributed by atoms with Crippen LogP contribution in [0.15, 0.2) is 36.4 Å². The van der Waals surface area contributed by atoms with Crippen molar-refractivity contribution in [1.29, 1.82) is 0 Å². The summed E-state index contributed by atoms with van der Waals surface area (Å²) in [6.45, 7) is 4.38. The molecular weight excluding hydrogens is 380 g/mol. The highest BCUT2D eigenvalue weighted by molar-refractivity contribution is 5.81. The summed E-state index contributed by atoms with van der Waals surface area (Å²) in [5.41, 5.74) is 0. The number of esters is 2. The summed E-state index contributed by atoms with van der Waals surface area (Å²) in [6, 6.07) is 7.23. The van der Waals surface area contributed by atoms with Crippen molar-refractivity contribution in [3.63, 3.8) is 0 Å². The molecule has 1 aromatic rings. The third-order valence-corrected chi connectivity index (χ3v) is 6.43. The monoisotopic (exact) mass is 414 g/mol. The SMILES string of the molecule is C/C=C/C(=O)O[C@H]1CC[C@H]([C@H]2CC[C@H](C(=O)Oc3ccc(OCC)cc3)CC2)CC1. The number of carbonyl (C=O) groups is 2. The molecule has 0 aromatic heterocycles. The van der Waals surface area contributed by atoms with E-state index in [0.29, 0.717) is 24.2 Å². The van der Waals surface area contributed by atoms with Crippen molar-refractivity contribution in [2.75, 3.05) is 6.61 Å². The lowest BCUT2D eigenvalue weighted by atomic mass is 9.70. The molecule has 0 heterocycles. The van der Waals surface area contributed by atoms with Crippen LogP contribution in [0.25, 0.3) is 0 Å². The molecule has 5 nitrogen and oxygen atoms in total. The molecule has 2 fully saturated rings. The van der Waals surface area contributed by atoms with Gasteiger partial charge in [-0.3, -0.25) is 4.79 Å². The number of hydrogen-bond acceptors (Lipinski definition) is 5. The first-order valence-corrected chi connectivity index (χ1v) is 11.4. The molecule has 0 radical (unpaired) electrons. The van der Waals surface area contributed by atoms with Crippen LogP contribution in [0.4, 0.5) is 0 Å². The summed E-state index contributed by atoms with van der Waals surface area (Å²) in [4.78, 5) is 24.2. The topological polar surface area (TPSA) is 61.8 Å². The van der Waals surface area contributed by atoms with E-state index in [2.05, 4.69) is 0 Å². The highest BCUT2D eigenvalue weighted by Gasteiger charge is 2.34. The molecule has 0 saturated heterocycles. The lowest BCUT2D eigenvalue weighted by Gasteiger charge is -2.37. The van der Waals surface area contributed by atoms with Crippen LogP contribution in [-0.2, 0) is 14.3 Å². The van der Waals surface area contributed by atoms with Crippen LogP contribution in [0.1, 0.15) is 65.2 Å². The molecule has 0 unspecified atom stereocenters. The molecular formula is C25H34O5. The van der Waals surface area contributed by atoms with E-state index < -0.39 is 0 Å². The van der Waals surface area contributed by atoms with E-state index in [-0.39, 0.29) is 24.0 Å². The number of carbonyl (C=O) groups excluding carboxylic acids is 2. The van der Waals surface area contributed by atoms with Crippen molar-refractivity contribution in [1.82, 2.24) is 0 Å². The van der Waals surface area contributed by atoms with Gasteiger partial charge in [-0.25, -0.2) is 4.79 Å². The van der Waals surface area contributed by atoms with Crippen molar-refractivity contribution in [3.05, 3.63) is 36.4 Å². The predicted molar refractivity (Wildman–Crippen MR) is 115 cm³/mol. The molecule has 164 valence electrons. The predicted octanol–water partition coefficient (Wildman–Crippen LogP) is 5.48. The van der Waals surface area contributed by atoms with Gasteiger partial charge in [-0.05, 0) is 101 Å². The lowest BCUT2D eigenvalue weighted by Crippen LogP contribution is -2.31. The number of ether oxygens (including phenoxy) is 3. The van der Waals surface area contributed by atoms with Crippen molar-refractivity contribution < 1.29 is 23.8 Å². The Labute approximate surface area is 179 Å². The largest absolute Gasteiger partial charge is 0.494 e. The van der Waals surface area contributed by atoms with E-state index in [4.69, 9.17) is 14.2 Å². The third kappa shape index (κ3) is 6.35. The Morgan fingerprint density at radius 3 is 2.03 bits per heavy atom. The maximum Gasteiger partial charge on any atom is 0.330 e. The highest BCUT2D eigenvalue weighted by atomic mass is 16.5. The van der Waals surface area contributed by atoms with Gasteiger partial charge >= 0.3 is 11.9 Å². The Bertz CT molecular complexity index is 708. The molecule has 0 aliphatic heterocycles. The highest BCUT2D eigenvalue weighted by Crippen LogP contribution is 2.41. The minimum absolute atomic E-state index is 0.00839. The second kappa shape index (κ2) is 11.2. The number of benzene rings is 1. The van der Waals surface area contributed by atoms with Gasteiger partial charge in [0.05, 0.1) is 12.5 Å². The summed E-state index contributed by atoms with van der Waals surface area (Å²) in [7, 11) is 0. The first kappa shape index (κ1) is 22.4. The minimum Gasteiger partial charge on any atom is -0.494 e. The van der Waals surface area contributed by atoms with E-state index in [1.54, 1.807) is 18.2 Å². The Balaban J connectivity index is 1.39. The van der Waals surface area contributed by atoms with E-state index in [0.717, 1.165) is 57.1 Å². The average molecular weight is 415 g/mol. The van der Waals surface area contributed by atoms with Gasteiger partial charge in [-0.2, -0.15) is 0 Å². The van der Waals surface area contributed by atoms with Gasteiger partial charge in [0.1, 0.15) is 17.6 Å². The van der Waals surface area contributed by atoms with Gasteiger partial charge in [0, 0.05) is 6.08 Å². The zero-order valence-electron chi connectivity index (χ0n) is 18.2. The first-order chi connectivity index (χ1) is 14.6. The second-order valence-corrected chi connectivity index (χ2v) is 8.41. The zero-order valence-corrected chi connectivity index (χ0v) is 18.2. The number of allylic oxidation sites excluding steroid dienone is 1. The van der Waals surface area contributed by atoms with E-state index >= 15 is 0 Å². The molecule has 30 heavy (non-hydrogen) atoms. The molecule has 2 aliphatic rings. The van der Waals surface area contributed by atoms with Crippen LogP contribution in [0.2, 0.25) is 0 Å². The summed E-state index contributed by atoms with van der Waals surface area (Å²) >= 11 is 0. The number of rotatable bonds is 7.